The summed E-state index contributed by atoms with van der Waals surface area (Å²) in [6.45, 7) is -0.0160. The summed E-state index contributed by atoms with van der Waals surface area (Å²) in [5.74, 6) is -14.3. The molecule has 1 atom stereocenters. The van der Waals surface area contributed by atoms with Gasteiger partial charge in [-0.2, -0.15) is 30.4 Å². The van der Waals surface area contributed by atoms with Gasteiger partial charge in [-0.15, -0.1) is 0 Å². The Balaban J connectivity index is 1.62. The summed E-state index contributed by atoms with van der Waals surface area (Å²) in [6.07, 6.45) is -5.16. The average Bonchev–Trinajstić information content (AvgIpc) is 2.84. The normalized spacial score (nSPS) is 15.6. The van der Waals surface area contributed by atoms with Crippen LogP contribution in [0.4, 0.5) is 35.1 Å². The summed E-state index contributed by atoms with van der Waals surface area (Å²) in [4.78, 5) is -0.744. The highest BCUT2D eigenvalue weighted by Gasteiger charge is 2.33. The third-order valence-electron chi connectivity index (χ3n) is 5.15. The first kappa shape index (κ1) is 27.0. The van der Waals surface area contributed by atoms with Crippen LogP contribution in [0.3, 0.4) is 0 Å². The second-order valence-electron chi connectivity index (χ2n) is 7.52. The standard InChI is InChI=1S/C22H11BrF8O5S/c23-12-7-9(22(29,30)31)1-4-14(12)35-13-5-6-34-15-8-10(2-3-11(13)15)37(32,33)36-21-19(27)17(25)16(24)18(26)20(21)28/h1-4,7-8,13H,5-6H2/t13-/m1/s1. The molecule has 1 heterocycles. The molecule has 0 aliphatic carbocycles. The summed E-state index contributed by atoms with van der Waals surface area (Å²) in [7, 11) is -5.11. The van der Waals surface area contributed by atoms with Crippen molar-refractivity contribution < 1.29 is 57.2 Å². The molecule has 0 saturated heterocycles. The topological polar surface area (TPSA) is 61.8 Å². The van der Waals surface area contributed by atoms with E-state index in [0.29, 0.717) is 0 Å². The molecule has 0 bridgehead atoms. The lowest BCUT2D eigenvalue weighted by Gasteiger charge is -2.27. The molecule has 0 N–H and O–H groups in total. The van der Waals surface area contributed by atoms with E-state index in [1.165, 1.54) is 6.07 Å². The van der Waals surface area contributed by atoms with Crippen LogP contribution in [0.1, 0.15) is 23.7 Å². The van der Waals surface area contributed by atoms with Crippen LogP contribution in [0.15, 0.2) is 45.8 Å². The minimum atomic E-state index is -5.11. The van der Waals surface area contributed by atoms with Crippen LogP contribution in [0.2, 0.25) is 0 Å². The van der Waals surface area contributed by atoms with Crippen molar-refractivity contribution >= 4 is 26.0 Å². The fourth-order valence-corrected chi connectivity index (χ4v) is 4.78. The molecule has 1 aliphatic heterocycles. The van der Waals surface area contributed by atoms with E-state index in [0.717, 1.165) is 30.3 Å². The largest absolute Gasteiger partial charge is 0.493 e. The molecule has 3 aromatic rings. The van der Waals surface area contributed by atoms with Crippen molar-refractivity contribution in [3.05, 3.63) is 81.1 Å². The molecule has 0 aromatic heterocycles. The zero-order valence-electron chi connectivity index (χ0n) is 17.8. The van der Waals surface area contributed by atoms with Gasteiger partial charge in [-0.05, 0) is 40.2 Å². The maximum absolute atomic E-state index is 13.9. The van der Waals surface area contributed by atoms with E-state index in [2.05, 4.69) is 20.1 Å². The first-order valence-corrected chi connectivity index (χ1v) is 12.2. The third kappa shape index (κ3) is 5.19. The maximum atomic E-state index is 13.9. The van der Waals surface area contributed by atoms with Crippen LogP contribution in [0, 0.1) is 29.1 Å². The molecule has 198 valence electrons. The Kier molecular flexibility index (Phi) is 7.05. The average molecular weight is 619 g/mol. The molecule has 0 amide bonds. The molecular weight excluding hydrogens is 608 g/mol. The number of alkyl halides is 3. The molecule has 37 heavy (non-hydrogen) atoms. The molecule has 0 spiro atoms. The maximum Gasteiger partial charge on any atom is 0.416 e. The van der Waals surface area contributed by atoms with Gasteiger partial charge in [0.1, 0.15) is 22.5 Å². The van der Waals surface area contributed by atoms with Crippen LogP contribution in [0.25, 0.3) is 0 Å². The van der Waals surface area contributed by atoms with Gasteiger partial charge >= 0.3 is 16.3 Å². The van der Waals surface area contributed by atoms with E-state index in [-0.39, 0.29) is 34.6 Å². The summed E-state index contributed by atoms with van der Waals surface area (Å²) in [5.41, 5.74) is -0.643. The Morgan fingerprint density at radius 3 is 2.11 bits per heavy atom. The summed E-state index contributed by atoms with van der Waals surface area (Å²) < 4.78 is 147. The number of hydrogen-bond acceptors (Lipinski definition) is 5. The van der Waals surface area contributed by atoms with Crippen LogP contribution in [-0.2, 0) is 16.3 Å². The number of ether oxygens (including phenoxy) is 2. The molecule has 3 aromatic carbocycles. The fraction of sp³-hybridized carbons (Fsp3) is 0.182. The minimum Gasteiger partial charge on any atom is -0.493 e. The van der Waals surface area contributed by atoms with E-state index < -0.39 is 67.7 Å². The summed E-state index contributed by atoms with van der Waals surface area (Å²) >= 11 is 3.01. The van der Waals surface area contributed by atoms with Gasteiger partial charge in [0.15, 0.2) is 0 Å². The van der Waals surface area contributed by atoms with Crippen molar-refractivity contribution in [3.8, 4) is 17.2 Å². The number of rotatable bonds is 5. The Morgan fingerprint density at radius 1 is 0.892 bits per heavy atom. The SMILES string of the molecule is O=S(=O)(Oc1c(F)c(F)c(F)c(F)c1F)c1ccc2c(c1)OCC[C@H]2Oc1ccc(C(F)(F)F)cc1Br. The zero-order valence-corrected chi connectivity index (χ0v) is 20.2. The molecule has 0 unspecified atom stereocenters. The predicted molar refractivity (Wildman–Crippen MR) is 113 cm³/mol. The van der Waals surface area contributed by atoms with Crippen molar-refractivity contribution in [3.63, 3.8) is 0 Å². The smallest absolute Gasteiger partial charge is 0.416 e. The predicted octanol–water partition coefficient (Wildman–Crippen LogP) is 6.83. The van der Waals surface area contributed by atoms with Gasteiger partial charge in [-0.3, -0.25) is 0 Å². The monoisotopic (exact) mass is 618 g/mol. The highest BCUT2D eigenvalue weighted by atomic mass is 79.9. The Hall–Kier alpha value is -3.07. The van der Waals surface area contributed by atoms with E-state index in [1.807, 2.05) is 0 Å². The van der Waals surface area contributed by atoms with Gasteiger partial charge in [0, 0.05) is 18.1 Å². The lowest BCUT2D eigenvalue weighted by Crippen LogP contribution is -2.20. The van der Waals surface area contributed by atoms with Crippen molar-refractivity contribution in [1.29, 1.82) is 0 Å². The molecule has 15 heteroatoms. The number of halogens is 9. The summed E-state index contributed by atoms with van der Waals surface area (Å²) in [6, 6.07) is 5.71. The first-order chi connectivity index (χ1) is 17.2. The van der Waals surface area contributed by atoms with E-state index >= 15 is 0 Å². The third-order valence-corrected chi connectivity index (χ3v) is 6.99. The number of hydrogen-bond donors (Lipinski definition) is 0. The van der Waals surface area contributed by atoms with Crippen molar-refractivity contribution in [2.45, 2.75) is 23.6 Å². The second-order valence-corrected chi connectivity index (χ2v) is 9.92. The van der Waals surface area contributed by atoms with Gasteiger partial charge in [0.05, 0.1) is 16.6 Å². The lowest BCUT2D eigenvalue weighted by atomic mass is 10.0. The summed E-state index contributed by atoms with van der Waals surface area (Å²) in [5, 5.41) is 0. The van der Waals surface area contributed by atoms with Crippen LogP contribution >= 0.6 is 15.9 Å². The quantitative estimate of drug-likeness (QED) is 0.136. The minimum absolute atomic E-state index is 0.00535. The van der Waals surface area contributed by atoms with Gasteiger partial charge in [-0.1, -0.05) is 6.07 Å². The molecule has 5 nitrogen and oxygen atoms in total. The Morgan fingerprint density at radius 2 is 1.51 bits per heavy atom. The van der Waals surface area contributed by atoms with Crippen LogP contribution in [-0.4, -0.2) is 15.0 Å². The van der Waals surface area contributed by atoms with Gasteiger partial charge in [-0.25, -0.2) is 13.2 Å². The molecule has 0 fully saturated rings. The highest BCUT2D eigenvalue weighted by Crippen LogP contribution is 2.41. The first-order valence-electron chi connectivity index (χ1n) is 9.96. The van der Waals surface area contributed by atoms with Gasteiger partial charge in [0.25, 0.3) is 0 Å². The number of benzene rings is 3. The molecule has 0 saturated carbocycles. The number of fused-ring (bicyclic) bond motifs is 1. The fourth-order valence-electron chi connectivity index (χ4n) is 3.36. The molecule has 4 rings (SSSR count). The van der Waals surface area contributed by atoms with Crippen molar-refractivity contribution in [2.75, 3.05) is 6.61 Å². The van der Waals surface area contributed by atoms with Crippen molar-refractivity contribution in [1.82, 2.24) is 0 Å². The van der Waals surface area contributed by atoms with E-state index in [4.69, 9.17) is 9.47 Å². The van der Waals surface area contributed by atoms with E-state index in [1.54, 1.807) is 0 Å². The van der Waals surface area contributed by atoms with Crippen molar-refractivity contribution in [2.24, 2.45) is 0 Å². The second kappa shape index (κ2) is 9.67. The van der Waals surface area contributed by atoms with Gasteiger partial charge in [0.2, 0.25) is 34.8 Å². The van der Waals surface area contributed by atoms with Gasteiger partial charge < -0.3 is 13.7 Å². The zero-order chi connectivity index (χ0) is 27.3. The van der Waals surface area contributed by atoms with Crippen LogP contribution in [0.5, 0.6) is 17.2 Å². The van der Waals surface area contributed by atoms with Crippen LogP contribution < -0.4 is 13.7 Å². The molecule has 0 radical (unpaired) electrons. The highest BCUT2D eigenvalue weighted by molar-refractivity contribution is 9.10. The molecular formula is C22H11BrF8O5S. The Labute approximate surface area is 211 Å². The molecule has 1 aliphatic rings. The van der Waals surface area contributed by atoms with E-state index in [9.17, 15) is 43.5 Å². The Bertz CT molecular complexity index is 1460. The lowest BCUT2D eigenvalue weighted by molar-refractivity contribution is -0.137.